The Labute approximate surface area is 178 Å². The summed E-state index contributed by atoms with van der Waals surface area (Å²) in [5.41, 5.74) is 2.72. The van der Waals surface area contributed by atoms with Crippen molar-refractivity contribution >= 4 is 21.4 Å². The van der Waals surface area contributed by atoms with Crippen LogP contribution in [-0.2, 0) is 22.7 Å². The number of likely N-dealkylation sites (tertiary alicyclic amines) is 1. The first-order valence-electron chi connectivity index (χ1n) is 10.3. The van der Waals surface area contributed by atoms with Gasteiger partial charge in [0.05, 0.1) is 11.5 Å². The van der Waals surface area contributed by atoms with Crippen molar-refractivity contribution in [3.8, 4) is 5.75 Å². The molecule has 1 unspecified atom stereocenters. The van der Waals surface area contributed by atoms with E-state index in [-0.39, 0.29) is 0 Å². The molecule has 1 saturated heterocycles. The highest BCUT2D eigenvalue weighted by atomic mass is 35.5. The summed E-state index contributed by atoms with van der Waals surface area (Å²) in [7, 11) is -3.17. The Morgan fingerprint density at radius 3 is 2.66 bits per heavy atom. The van der Waals surface area contributed by atoms with E-state index in [9.17, 15) is 8.42 Å². The van der Waals surface area contributed by atoms with E-state index < -0.39 is 9.84 Å². The minimum absolute atomic E-state index is 0.322. The van der Waals surface area contributed by atoms with Gasteiger partial charge in [-0.3, -0.25) is 4.90 Å². The van der Waals surface area contributed by atoms with Crippen molar-refractivity contribution in [1.82, 2.24) is 4.90 Å². The summed E-state index contributed by atoms with van der Waals surface area (Å²) in [5.74, 6) is 1.21. The molecule has 0 saturated carbocycles. The van der Waals surface area contributed by atoms with Crippen LogP contribution in [0.4, 0.5) is 0 Å². The molecule has 0 N–H and O–H groups in total. The van der Waals surface area contributed by atoms with Crippen LogP contribution in [0.5, 0.6) is 5.75 Å². The highest BCUT2D eigenvalue weighted by molar-refractivity contribution is 7.90. The number of rotatable bonds is 5. The average molecular weight is 434 g/mol. The summed E-state index contributed by atoms with van der Waals surface area (Å²) in [4.78, 5) is 2.97. The van der Waals surface area contributed by atoms with Crippen LogP contribution in [0, 0.1) is 5.92 Å². The fourth-order valence-electron chi connectivity index (χ4n) is 4.82. The molecule has 4 nitrogen and oxygen atoms in total. The van der Waals surface area contributed by atoms with E-state index in [1.807, 2.05) is 6.07 Å². The van der Waals surface area contributed by atoms with Crippen LogP contribution in [0.25, 0.3) is 0 Å². The Kier molecular flexibility index (Phi) is 5.92. The number of hydrogen-bond acceptors (Lipinski definition) is 4. The molecule has 0 radical (unpaired) electrons. The number of nitrogens with zero attached hydrogens (tertiary/aromatic N) is 1. The minimum Gasteiger partial charge on any atom is -0.493 e. The molecule has 4 rings (SSSR count). The Morgan fingerprint density at radius 2 is 1.93 bits per heavy atom. The molecule has 0 spiro atoms. The second kappa shape index (κ2) is 8.29. The second-order valence-electron chi connectivity index (χ2n) is 8.48. The fourth-order valence-corrected chi connectivity index (χ4v) is 5.74. The van der Waals surface area contributed by atoms with Crippen molar-refractivity contribution in [3.63, 3.8) is 0 Å². The molecule has 1 aliphatic heterocycles. The maximum Gasteiger partial charge on any atom is 0.175 e. The number of hydrogen-bond donors (Lipinski definition) is 0. The molecular formula is C23H28ClNO3S. The molecule has 156 valence electrons. The number of benzene rings is 2. The Hall–Kier alpha value is -1.56. The smallest absolute Gasteiger partial charge is 0.175 e. The molecule has 2 aromatic rings. The first-order chi connectivity index (χ1) is 13.8. The number of ether oxygens (including phenoxy) is 1. The third kappa shape index (κ3) is 4.62. The molecule has 6 heteroatoms. The molecular weight excluding hydrogens is 406 g/mol. The maximum atomic E-state index is 11.6. The molecule has 2 aromatic carbocycles. The maximum absolute atomic E-state index is 11.6. The van der Waals surface area contributed by atoms with Gasteiger partial charge in [-0.15, -0.1) is 0 Å². The summed E-state index contributed by atoms with van der Waals surface area (Å²) < 4.78 is 29.1. The highest BCUT2D eigenvalue weighted by Gasteiger charge is 2.35. The molecule has 2 aliphatic rings. The topological polar surface area (TPSA) is 46.6 Å². The molecule has 1 fully saturated rings. The number of halogens is 1. The molecule has 1 aliphatic carbocycles. The van der Waals surface area contributed by atoms with E-state index in [1.165, 1.54) is 17.4 Å². The van der Waals surface area contributed by atoms with Crippen LogP contribution < -0.4 is 4.74 Å². The van der Waals surface area contributed by atoms with Gasteiger partial charge in [0, 0.05) is 35.8 Å². The van der Waals surface area contributed by atoms with Gasteiger partial charge in [-0.1, -0.05) is 23.7 Å². The number of sulfone groups is 1. The van der Waals surface area contributed by atoms with Gasteiger partial charge in [-0.2, -0.15) is 0 Å². The van der Waals surface area contributed by atoms with Crippen LogP contribution in [-0.4, -0.2) is 44.8 Å². The van der Waals surface area contributed by atoms with Crippen molar-refractivity contribution in [2.75, 3.05) is 19.4 Å². The quantitative estimate of drug-likeness (QED) is 0.701. The van der Waals surface area contributed by atoms with E-state index in [0.29, 0.717) is 29.5 Å². The Morgan fingerprint density at radius 1 is 1.17 bits per heavy atom. The van der Waals surface area contributed by atoms with Gasteiger partial charge in [0.15, 0.2) is 9.84 Å². The minimum atomic E-state index is -3.17. The Balaban J connectivity index is 1.34. The lowest BCUT2D eigenvalue weighted by Gasteiger charge is -2.35. The monoisotopic (exact) mass is 433 g/mol. The first kappa shape index (κ1) is 20.7. The second-order valence-corrected chi connectivity index (χ2v) is 10.9. The summed E-state index contributed by atoms with van der Waals surface area (Å²) >= 11 is 6.37. The van der Waals surface area contributed by atoms with Crippen LogP contribution in [0.15, 0.2) is 47.4 Å². The van der Waals surface area contributed by atoms with Crippen molar-refractivity contribution in [1.29, 1.82) is 0 Å². The highest BCUT2D eigenvalue weighted by Crippen LogP contribution is 2.34. The zero-order valence-electron chi connectivity index (χ0n) is 17.0. The van der Waals surface area contributed by atoms with Gasteiger partial charge in [0.1, 0.15) is 5.75 Å². The SMILES string of the molecule is C[C@@H]1C[C@H](COc2ccc(S(C)(=O)=O)cc2)CN1C1CCc2c(Cl)cccc2C1. The van der Waals surface area contributed by atoms with Gasteiger partial charge in [0.25, 0.3) is 0 Å². The lowest BCUT2D eigenvalue weighted by atomic mass is 9.87. The molecule has 29 heavy (non-hydrogen) atoms. The normalized spacial score (nSPS) is 25.0. The van der Waals surface area contributed by atoms with Gasteiger partial charge in [-0.25, -0.2) is 8.42 Å². The van der Waals surface area contributed by atoms with Gasteiger partial charge in [0.2, 0.25) is 0 Å². The van der Waals surface area contributed by atoms with Crippen LogP contribution in [0.1, 0.15) is 30.9 Å². The largest absolute Gasteiger partial charge is 0.493 e. The van der Waals surface area contributed by atoms with Gasteiger partial charge < -0.3 is 4.74 Å². The fraction of sp³-hybridized carbons (Fsp3) is 0.478. The first-order valence-corrected chi connectivity index (χ1v) is 12.5. The van der Waals surface area contributed by atoms with Crippen LogP contribution in [0.2, 0.25) is 5.02 Å². The van der Waals surface area contributed by atoms with Crippen molar-refractivity contribution in [2.24, 2.45) is 5.92 Å². The third-order valence-electron chi connectivity index (χ3n) is 6.32. The van der Waals surface area contributed by atoms with Crippen LogP contribution in [0.3, 0.4) is 0 Å². The zero-order valence-corrected chi connectivity index (χ0v) is 18.5. The predicted molar refractivity (Wildman–Crippen MR) is 117 cm³/mol. The van der Waals surface area contributed by atoms with E-state index in [4.69, 9.17) is 16.3 Å². The van der Waals surface area contributed by atoms with Crippen molar-refractivity contribution in [2.45, 2.75) is 49.6 Å². The van der Waals surface area contributed by atoms with Crippen molar-refractivity contribution in [3.05, 3.63) is 58.6 Å². The summed E-state index contributed by atoms with van der Waals surface area (Å²) in [6.07, 6.45) is 5.62. The number of fused-ring (bicyclic) bond motifs is 1. The standard InChI is InChI=1S/C23H28ClNO3S/c1-16-12-17(15-28-20-7-9-21(10-8-20)29(2,26)27)14-25(16)19-6-11-22-18(13-19)4-3-5-23(22)24/h3-5,7-10,16-17,19H,6,11-15H2,1-2H3/t16-,17+,19?/m1/s1. The average Bonchev–Trinajstić information content (AvgIpc) is 3.06. The van der Waals surface area contributed by atoms with E-state index in [1.54, 1.807) is 24.3 Å². The zero-order chi connectivity index (χ0) is 20.6. The Bertz CT molecular complexity index is 974. The van der Waals surface area contributed by atoms with Gasteiger partial charge in [-0.05, 0) is 74.1 Å². The van der Waals surface area contributed by atoms with Crippen molar-refractivity contribution < 1.29 is 13.2 Å². The van der Waals surface area contributed by atoms with E-state index in [2.05, 4.69) is 24.0 Å². The lowest BCUT2D eigenvalue weighted by molar-refractivity contribution is 0.164. The predicted octanol–water partition coefficient (Wildman–Crippen LogP) is 4.39. The summed E-state index contributed by atoms with van der Waals surface area (Å²) in [5, 5.41) is 0.906. The summed E-state index contributed by atoms with van der Waals surface area (Å²) in [6, 6.07) is 14.1. The summed E-state index contributed by atoms with van der Waals surface area (Å²) in [6.45, 7) is 4.02. The molecule has 0 aromatic heterocycles. The molecule has 3 atom stereocenters. The lowest BCUT2D eigenvalue weighted by Crippen LogP contribution is -2.41. The third-order valence-corrected chi connectivity index (χ3v) is 7.80. The van der Waals surface area contributed by atoms with E-state index >= 15 is 0 Å². The van der Waals surface area contributed by atoms with E-state index in [0.717, 1.165) is 43.0 Å². The molecule has 0 amide bonds. The van der Waals surface area contributed by atoms with Gasteiger partial charge >= 0.3 is 0 Å². The molecule has 1 heterocycles. The molecule has 0 bridgehead atoms. The van der Waals surface area contributed by atoms with Crippen LogP contribution >= 0.6 is 11.6 Å².